The van der Waals surface area contributed by atoms with Crippen molar-refractivity contribution in [3.05, 3.63) is 109 Å². The third-order valence-corrected chi connectivity index (χ3v) is 5.04. The molecule has 0 unspecified atom stereocenters. The van der Waals surface area contributed by atoms with Gasteiger partial charge in [-0.1, -0.05) is 53.5 Å². The molecule has 0 aliphatic carbocycles. The fourth-order valence-electron chi connectivity index (χ4n) is 3.18. The second-order valence-electron chi connectivity index (χ2n) is 6.38. The number of nitrogens with zero attached hydrogens (tertiary/aromatic N) is 3. The highest BCUT2D eigenvalue weighted by atomic mass is 35.5. The zero-order chi connectivity index (χ0) is 19.7. The molecule has 2 heterocycles. The summed E-state index contributed by atoms with van der Waals surface area (Å²) in [5.41, 5.74) is 1.28. The summed E-state index contributed by atoms with van der Waals surface area (Å²) in [5.74, 6) is 0. The lowest BCUT2D eigenvalue weighted by Gasteiger charge is -2.15. The second-order valence-corrected chi connectivity index (χ2v) is 7.23. The van der Waals surface area contributed by atoms with Crippen LogP contribution in [0, 0.1) is 0 Å². The predicted octanol–water partition coefficient (Wildman–Crippen LogP) is 3.96. The Bertz CT molecular complexity index is 1270. The van der Waals surface area contributed by atoms with Crippen LogP contribution in [0.4, 0.5) is 0 Å². The molecular formula is C21H15Cl2N3O2. The molecule has 7 heteroatoms. The van der Waals surface area contributed by atoms with Crippen molar-refractivity contribution in [2.45, 2.75) is 13.1 Å². The quantitative estimate of drug-likeness (QED) is 0.510. The topological polar surface area (TPSA) is 56.9 Å². The SMILES string of the molecule is O=c1c2c(Cl)cc(Cl)cc2n(Cc2ccccc2)c(=O)n1Cc1ccncc1. The highest BCUT2D eigenvalue weighted by Crippen LogP contribution is 2.25. The first-order chi connectivity index (χ1) is 13.5. The molecule has 28 heavy (non-hydrogen) atoms. The van der Waals surface area contributed by atoms with E-state index in [0.717, 1.165) is 11.1 Å². The second kappa shape index (κ2) is 7.62. The largest absolute Gasteiger partial charge is 0.332 e. The first-order valence-corrected chi connectivity index (χ1v) is 9.35. The fraction of sp³-hybridized carbons (Fsp3) is 0.0952. The van der Waals surface area contributed by atoms with Crippen LogP contribution in [0.5, 0.6) is 0 Å². The van der Waals surface area contributed by atoms with Gasteiger partial charge in [0.05, 0.1) is 29.0 Å². The molecule has 0 saturated heterocycles. The minimum Gasteiger partial charge on any atom is -0.289 e. The van der Waals surface area contributed by atoms with Crippen molar-refractivity contribution in [1.82, 2.24) is 14.1 Å². The fourth-order valence-corrected chi connectivity index (χ4v) is 3.75. The number of rotatable bonds is 4. The van der Waals surface area contributed by atoms with Gasteiger partial charge in [-0.3, -0.25) is 18.9 Å². The summed E-state index contributed by atoms with van der Waals surface area (Å²) in [6.07, 6.45) is 3.24. The lowest BCUT2D eigenvalue weighted by Crippen LogP contribution is -2.40. The van der Waals surface area contributed by atoms with Crippen LogP contribution in [0.25, 0.3) is 10.9 Å². The van der Waals surface area contributed by atoms with Gasteiger partial charge in [0.1, 0.15) is 0 Å². The van der Waals surface area contributed by atoms with Gasteiger partial charge in [0.25, 0.3) is 5.56 Å². The average Bonchev–Trinajstić information content (AvgIpc) is 2.69. The number of hydrogen-bond donors (Lipinski definition) is 0. The standard InChI is InChI=1S/C21H15Cl2N3O2/c22-16-10-17(23)19-18(11-16)25(12-14-4-2-1-3-5-14)21(28)26(20(19)27)13-15-6-8-24-9-7-15/h1-11H,12-13H2. The first-order valence-electron chi connectivity index (χ1n) is 8.60. The van der Waals surface area contributed by atoms with Gasteiger partial charge >= 0.3 is 5.69 Å². The zero-order valence-corrected chi connectivity index (χ0v) is 16.2. The molecule has 0 atom stereocenters. The molecule has 5 nitrogen and oxygen atoms in total. The van der Waals surface area contributed by atoms with E-state index in [4.69, 9.17) is 23.2 Å². The minimum absolute atomic E-state index is 0.129. The monoisotopic (exact) mass is 411 g/mol. The molecule has 4 rings (SSSR count). The molecule has 0 fully saturated rings. The lowest BCUT2D eigenvalue weighted by molar-refractivity contribution is 0.635. The van der Waals surface area contributed by atoms with Crippen molar-refractivity contribution >= 4 is 34.1 Å². The summed E-state index contributed by atoms with van der Waals surface area (Å²) in [7, 11) is 0. The molecule has 4 aromatic rings. The van der Waals surface area contributed by atoms with Gasteiger partial charge in [-0.2, -0.15) is 0 Å². The van der Waals surface area contributed by atoms with E-state index in [9.17, 15) is 9.59 Å². The van der Waals surface area contributed by atoms with E-state index >= 15 is 0 Å². The number of hydrogen-bond acceptors (Lipinski definition) is 3. The Balaban J connectivity index is 2.00. The van der Waals surface area contributed by atoms with E-state index in [2.05, 4.69) is 4.98 Å². The Hall–Kier alpha value is -2.89. The van der Waals surface area contributed by atoms with Crippen molar-refractivity contribution in [2.24, 2.45) is 0 Å². The van der Waals surface area contributed by atoms with Gasteiger partial charge in [0.2, 0.25) is 0 Å². The highest BCUT2D eigenvalue weighted by Gasteiger charge is 2.17. The summed E-state index contributed by atoms with van der Waals surface area (Å²) < 4.78 is 2.73. The van der Waals surface area contributed by atoms with E-state index in [1.54, 1.807) is 30.6 Å². The first kappa shape index (κ1) is 18.5. The summed E-state index contributed by atoms with van der Waals surface area (Å²) in [6.45, 7) is 0.424. The molecule has 2 aromatic heterocycles. The molecule has 0 bridgehead atoms. The van der Waals surface area contributed by atoms with Gasteiger partial charge in [0, 0.05) is 17.4 Å². The highest BCUT2D eigenvalue weighted by molar-refractivity contribution is 6.38. The maximum Gasteiger partial charge on any atom is 0.332 e. The Morgan fingerprint density at radius 1 is 0.821 bits per heavy atom. The number of halogens is 2. The molecule has 2 aromatic carbocycles. The summed E-state index contributed by atoms with van der Waals surface area (Å²) >= 11 is 12.5. The van der Waals surface area contributed by atoms with E-state index in [-0.39, 0.29) is 17.0 Å². The van der Waals surface area contributed by atoms with Crippen molar-refractivity contribution in [2.75, 3.05) is 0 Å². The summed E-state index contributed by atoms with van der Waals surface area (Å²) in [5, 5.41) is 0.860. The zero-order valence-electron chi connectivity index (χ0n) is 14.7. The van der Waals surface area contributed by atoms with Crippen LogP contribution in [0.3, 0.4) is 0 Å². The third kappa shape index (κ3) is 3.46. The van der Waals surface area contributed by atoms with E-state index in [1.807, 2.05) is 30.3 Å². The Morgan fingerprint density at radius 2 is 1.46 bits per heavy atom. The summed E-state index contributed by atoms with van der Waals surface area (Å²) in [6, 6.07) is 16.2. The van der Waals surface area contributed by atoms with Gasteiger partial charge in [-0.25, -0.2) is 4.79 Å². The van der Waals surface area contributed by atoms with Crippen molar-refractivity contribution < 1.29 is 0 Å². The van der Waals surface area contributed by atoms with Crippen LogP contribution >= 0.6 is 23.2 Å². The van der Waals surface area contributed by atoms with E-state index < -0.39 is 11.2 Å². The molecule has 140 valence electrons. The maximum atomic E-state index is 13.3. The van der Waals surface area contributed by atoms with Gasteiger partial charge < -0.3 is 0 Å². The molecule has 0 saturated carbocycles. The van der Waals surface area contributed by atoms with Crippen LogP contribution in [-0.2, 0) is 13.1 Å². The molecule has 0 radical (unpaired) electrons. The predicted molar refractivity (Wildman–Crippen MR) is 111 cm³/mol. The number of pyridine rings is 1. The normalized spacial score (nSPS) is 11.1. The molecule has 0 spiro atoms. The van der Waals surface area contributed by atoms with Crippen LogP contribution in [0.1, 0.15) is 11.1 Å². The van der Waals surface area contributed by atoms with E-state index in [0.29, 0.717) is 17.1 Å². The van der Waals surface area contributed by atoms with Crippen LogP contribution in [0.15, 0.2) is 76.6 Å². The lowest BCUT2D eigenvalue weighted by atomic mass is 10.2. The van der Waals surface area contributed by atoms with Gasteiger partial charge in [0.15, 0.2) is 0 Å². The minimum atomic E-state index is -0.442. The van der Waals surface area contributed by atoms with Crippen LogP contribution < -0.4 is 11.2 Å². The summed E-state index contributed by atoms with van der Waals surface area (Å²) in [4.78, 5) is 30.3. The maximum absolute atomic E-state index is 13.3. The van der Waals surface area contributed by atoms with Crippen molar-refractivity contribution in [3.8, 4) is 0 Å². The third-order valence-electron chi connectivity index (χ3n) is 4.52. The Kier molecular flexibility index (Phi) is 5.03. The van der Waals surface area contributed by atoms with Gasteiger partial charge in [-0.05, 0) is 35.4 Å². The number of fused-ring (bicyclic) bond motifs is 1. The van der Waals surface area contributed by atoms with Crippen LogP contribution in [0.2, 0.25) is 10.0 Å². The van der Waals surface area contributed by atoms with Crippen LogP contribution in [-0.4, -0.2) is 14.1 Å². The molecular weight excluding hydrogens is 397 g/mol. The number of aromatic nitrogens is 3. The van der Waals surface area contributed by atoms with Crippen molar-refractivity contribution in [1.29, 1.82) is 0 Å². The number of benzene rings is 2. The van der Waals surface area contributed by atoms with Gasteiger partial charge in [-0.15, -0.1) is 0 Å². The molecule has 0 N–H and O–H groups in total. The molecule has 0 amide bonds. The molecule has 0 aliphatic heterocycles. The molecule has 0 aliphatic rings. The van der Waals surface area contributed by atoms with E-state index in [1.165, 1.54) is 15.2 Å². The average molecular weight is 412 g/mol. The Morgan fingerprint density at radius 3 is 2.18 bits per heavy atom. The van der Waals surface area contributed by atoms with Crippen molar-refractivity contribution in [3.63, 3.8) is 0 Å². The smallest absolute Gasteiger partial charge is 0.289 e. The Labute approximate surface area is 170 Å².